The molecule has 2 aromatic rings. The monoisotopic (exact) mass is 278 g/mol. The summed E-state index contributed by atoms with van der Waals surface area (Å²) in [5, 5.41) is 14.4. The Bertz CT molecular complexity index is 610. The van der Waals surface area contributed by atoms with Gasteiger partial charge in [0.15, 0.2) is 11.6 Å². The molecule has 2 rings (SSSR count). The molecule has 1 unspecified atom stereocenters. The van der Waals surface area contributed by atoms with Crippen molar-refractivity contribution >= 4 is 23.1 Å². The van der Waals surface area contributed by atoms with Crippen LogP contribution in [-0.2, 0) is 0 Å². The van der Waals surface area contributed by atoms with Crippen LogP contribution in [0.15, 0.2) is 17.5 Å². The van der Waals surface area contributed by atoms with Gasteiger partial charge in [-0.3, -0.25) is 4.79 Å². The second-order valence-electron chi connectivity index (χ2n) is 4.13. The smallest absolute Gasteiger partial charge is 0.276 e. The summed E-state index contributed by atoms with van der Waals surface area (Å²) in [7, 11) is 0. The Labute approximate surface area is 114 Å². The van der Waals surface area contributed by atoms with E-state index in [0.29, 0.717) is 10.7 Å². The van der Waals surface area contributed by atoms with Gasteiger partial charge in [-0.25, -0.2) is 9.97 Å². The van der Waals surface area contributed by atoms with E-state index >= 15 is 0 Å². The van der Waals surface area contributed by atoms with Crippen LogP contribution < -0.4 is 11.1 Å². The molecule has 19 heavy (non-hydrogen) atoms. The van der Waals surface area contributed by atoms with Crippen LogP contribution in [0.3, 0.4) is 0 Å². The minimum atomic E-state index is -0.420. The molecule has 0 bridgehead atoms. The lowest BCUT2D eigenvalue weighted by Crippen LogP contribution is -2.14. The first-order chi connectivity index (χ1) is 8.97. The van der Waals surface area contributed by atoms with Gasteiger partial charge < -0.3 is 16.2 Å². The lowest BCUT2D eigenvalue weighted by molar-refractivity contribution is 0.102. The molecule has 1 amide bonds. The highest BCUT2D eigenvalue weighted by molar-refractivity contribution is 7.09. The molecule has 6 nitrogen and oxygen atoms in total. The maximum atomic E-state index is 12.0. The van der Waals surface area contributed by atoms with Crippen LogP contribution >= 0.6 is 11.3 Å². The van der Waals surface area contributed by atoms with Gasteiger partial charge >= 0.3 is 0 Å². The number of pyridine rings is 1. The molecule has 7 heteroatoms. The second kappa shape index (κ2) is 5.33. The highest BCUT2D eigenvalue weighted by Gasteiger charge is 2.15. The normalized spacial score (nSPS) is 12.2. The van der Waals surface area contributed by atoms with Gasteiger partial charge in [0.2, 0.25) is 0 Å². The number of nitrogens with one attached hydrogen (secondary N) is 1. The predicted octanol–water partition coefficient (Wildman–Crippen LogP) is 1.82. The molecule has 0 saturated heterocycles. The third-order valence-electron chi connectivity index (χ3n) is 2.39. The molecule has 4 N–H and O–H groups in total. The molecule has 0 aliphatic carbocycles. The molecular weight excluding hydrogens is 264 g/mol. The van der Waals surface area contributed by atoms with Crippen molar-refractivity contribution in [3.63, 3.8) is 0 Å². The Morgan fingerprint density at radius 1 is 1.47 bits per heavy atom. The van der Waals surface area contributed by atoms with Crippen LogP contribution in [0.25, 0.3) is 0 Å². The fourth-order valence-corrected chi connectivity index (χ4v) is 2.17. The van der Waals surface area contributed by atoms with Crippen LogP contribution in [0.5, 0.6) is 5.75 Å². The number of rotatable bonds is 3. The zero-order valence-corrected chi connectivity index (χ0v) is 11.4. The first-order valence-electron chi connectivity index (χ1n) is 5.66. The van der Waals surface area contributed by atoms with Crippen molar-refractivity contribution < 1.29 is 9.90 Å². The average Bonchev–Trinajstić information content (AvgIpc) is 2.83. The first-order valence-corrected chi connectivity index (χ1v) is 6.54. The van der Waals surface area contributed by atoms with Crippen LogP contribution in [-0.4, -0.2) is 21.0 Å². The predicted molar refractivity (Wildman–Crippen MR) is 73.3 cm³/mol. The van der Waals surface area contributed by atoms with Gasteiger partial charge in [0.25, 0.3) is 5.91 Å². The minimum Gasteiger partial charge on any atom is -0.504 e. The zero-order valence-electron chi connectivity index (χ0n) is 10.5. The third kappa shape index (κ3) is 3.07. The fourth-order valence-electron chi connectivity index (χ4n) is 1.41. The molecule has 0 fully saturated rings. The summed E-state index contributed by atoms with van der Waals surface area (Å²) in [6, 6.07) is 2.92. The summed E-state index contributed by atoms with van der Waals surface area (Å²) < 4.78 is 0. The van der Waals surface area contributed by atoms with Crippen molar-refractivity contribution in [2.75, 3.05) is 5.32 Å². The number of amides is 1. The Balaban J connectivity index is 2.18. The van der Waals surface area contributed by atoms with E-state index < -0.39 is 5.91 Å². The van der Waals surface area contributed by atoms with Gasteiger partial charge in [0.1, 0.15) is 10.7 Å². The van der Waals surface area contributed by atoms with Crippen molar-refractivity contribution in [1.82, 2.24) is 9.97 Å². The first kappa shape index (κ1) is 13.4. The third-order valence-corrected chi connectivity index (χ3v) is 3.43. The molecule has 100 valence electrons. The van der Waals surface area contributed by atoms with Gasteiger partial charge in [0, 0.05) is 11.1 Å². The molecular formula is C12H14N4O2S. The standard InChI is InChI=1S/C12H14N4O2S/c1-6-3-4-9(17)10(14-6)16-11(18)8-5-19-12(15-8)7(2)13/h3-5,7,17H,13H2,1-2H3,(H,14,16,18). The molecule has 0 aromatic carbocycles. The number of carbonyl (C=O) groups is 1. The number of carbonyl (C=O) groups excluding carboxylic acids is 1. The number of thiazole rings is 1. The van der Waals surface area contributed by atoms with Crippen molar-refractivity contribution in [3.8, 4) is 5.75 Å². The van der Waals surface area contributed by atoms with Crippen molar-refractivity contribution in [2.45, 2.75) is 19.9 Å². The lowest BCUT2D eigenvalue weighted by Gasteiger charge is -2.05. The van der Waals surface area contributed by atoms with E-state index in [-0.39, 0.29) is 23.3 Å². The van der Waals surface area contributed by atoms with Gasteiger partial charge in [0.05, 0.1) is 6.04 Å². The fraction of sp³-hybridized carbons (Fsp3) is 0.250. The van der Waals surface area contributed by atoms with Gasteiger partial charge in [-0.15, -0.1) is 11.3 Å². The van der Waals surface area contributed by atoms with E-state index in [9.17, 15) is 9.90 Å². The highest BCUT2D eigenvalue weighted by atomic mass is 32.1. The van der Waals surface area contributed by atoms with E-state index in [2.05, 4.69) is 15.3 Å². The number of aryl methyl sites for hydroxylation is 1. The van der Waals surface area contributed by atoms with E-state index in [1.54, 1.807) is 25.3 Å². The number of nitrogens with zero attached hydrogens (tertiary/aromatic N) is 2. The van der Waals surface area contributed by atoms with Crippen molar-refractivity contribution in [2.24, 2.45) is 5.73 Å². The maximum absolute atomic E-state index is 12.0. The molecule has 0 saturated carbocycles. The number of anilines is 1. The zero-order chi connectivity index (χ0) is 14.0. The molecule has 0 radical (unpaired) electrons. The summed E-state index contributed by atoms with van der Waals surface area (Å²) in [4.78, 5) is 20.1. The van der Waals surface area contributed by atoms with Gasteiger partial charge in [-0.2, -0.15) is 0 Å². The molecule has 1 atom stereocenters. The average molecular weight is 278 g/mol. The Kier molecular flexibility index (Phi) is 3.77. The largest absolute Gasteiger partial charge is 0.504 e. The van der Waals surface area contributed by atoms with Gasteiger partial charge in [-0.05, 0) is 26.0 Å². The Morgan fingerprint density at radius 2 is 2.21 bits per heavy atom. The summed E-state index contributed by atoms with van der Waals surface area (Å²) in [6.07, 6.45) is 0. The Morgan fingerprint density at radius 3 is 2.84 bits per heavy atom. The summed E-state index contributed by atoms with van der Waals surface area (Å²) in [6.45, 7) is 3.57. The quantitative estimate of drug-likeness (QED) is 0.795. The van der Waals surface area contributed by atoms with Crippen LogP contribution in [0.2, 0.25) is 0 Å². The van der Waals surface area contributed by atoms with E-state index in [1.807, 2.05) is 0 Å². The molecule has 2 heterocycles. The molecule has 0 aliphatic heterocycles. The van der Waals surface area contributed by atoms with E-state index in [0.717, 1.165) is 0 Å². The number of hydrogen-bond donors (Lipinski definition) is 3. The minimum absolute atomic E-state index is 0.0819. The molecule has 0 aliphatic rings. The summed E-state index contributed by atoms with van der Waals surface area (Å²) >= 11 is 1.32. The topological polar surface area (TPSA) is 101 Å². The van der Waals surface area contributed by atoms with Crippen molar-refractivity contribution in [1.29, 1.82) is 0 Å². The summed E-state index contributed by atoms with van der Waals surface area (Å²) in [5.74, 6) is -0.376. The van der Waals surface area contributed by atoms with Gasteiger partial charge in [-0.1, -0.05) is 0 Å². The molecule has 0 spiro atoms. The number of aromatic nitrogens is 2. The van der Waals surface area contributed by atoms with Crippen LogP contribution in [0.1, 0.15) is 34.2 Å². The Hall–Kier alpha value is -1.99. The highest BCUT2D eigenvalue weighted by Crippen LogP contribution is 2.22. The van der Waals surface area contributed by atoms with Crippen LogP contribution in [0, 0.1) is 6.92 Å². The molecule has 2 aromatic heterocycles. The van der Waals surface area contributed by atoms with E-state index in [4.69, 9.17) is 5.73 Å². The van der Waals surface area contributed by atoms with Crippen molar-refractivity contribution in [3.05, 3.63) is 33.9 Å². The number of aromatic hydroxyl groups is 1. The number of hydrogen-bond acceptors (Lipinski definition) is 6. The van der Waals surface area contributed by atoms with Crippen LogP contribution in [0.4, 0.5) is 5.82 Å². The number of nitrogens with two attached hydrogens (primary N) is 1. The SMILES string of the molecule is Cc1ccc(O)c(NC(=O)c2csc(C(C)N)n2)n1. The summed E-state index contributed by atoms with van der Waals surface area (Å²) in [5.41, 5.74) is 6.65. The lowest BCUT2D eigenvalue weighted by atomic mass is 10.3. The second-order valence-corrected chi connectivity index (χ2v) is 5.02. The van der Waals surface area contributed by atoms with E-state index in [1.165, 1.54) is 17.4 Å². The maximum Gasteiger partial charge on any atom is 0.276 e.